The molecule has 2 aromatic rings. The number of benzene rings is 2. The van der Waals surface area contributed by atoms with Gasteiger partial charge in [-0.1, -0.05) is 23.7 Å². The predicted molar refractivity (Wildman–Crippen MR) is 118 cm³/mol. The number of hydrogen-bond acceptors (Lipinski definition) is 3. The second-order valence-electron chi connectivity index (χ2n) is 5.59. The van der Waals surface area contributed by atoms with Gasteiger partial charge in [-0.2, -0.15) is 0 Å². The minimum absolute atomic E-state index is 0. The minimum atomic E-state index is -4.82. The molecule has 0 saturated carbocycles. The molecule has 11 heteroatoms. The van der Waals surface area contributed by atoms with Crippen LogP contribution in [0.4, 0.5) is 24.5 Å². The van der Waals surface area contributed by atoms with E-state index in [0.717, 1.165) is 6.07 Å². The van der Waals surface area contributed by atoms with E-state index in [1.807, 2.05) is 0 Å². The number of halogens is 5. The average molecular weight is 543 g/mol. The summed E-state index contributed by atoms with van der Waals surface area (Å²) >= 11 is 5.77. The Balaban J connectivity index is 0.00000420. The molecule has 0 aliphatic carbocycles. The maximum atomic E-state index is 12.4. The van der Waals surface area contributed by atoms with Gasteiger partial charge in [0.25, 0.3) is 0 Å². The van der Waals surface area contributed by atoms with Crippen LogP contribution in [0.1, 0.15) is 12.8 Å². The zero-order chi connectivity index (χ0) is 20.6. The van der Waals surface area contributed by atoms with Crippen LogP contribution < -0.4 is 21.1 Å². The van der Waals surface area contributed by atoms with E-state index in [1.165, 1.54) is 18.2 Å². The van der Waals surface area contributed by atoms with E-state index in [0.29, 0.717) is 17.1 Å². The number of aliphatic imine (C=N–C) groups is 1. The molecule has 6 nitrogen and oxygen atoms in total. The summed E-state index contributed by atoms with van der Waals surface area (Å²) in [5.74, 6) is -0.709. The summed E-state index contributed by atoms with van der Waals surface area (Å²) in [5.41, 5.74) is 6.34. The standard InChI is InChI=1S/C18H18ClF3N4O2.HI/c19-12-7-9-13(10-8-12)25-16(27)6-3-11-24-17(23)26-14-4-1-2-5-15(14)28-18(20,21)22;/h1-2,4-5,7-10H,3,6,11H2,(H,25,27)(H3,23,24,26);1H. The Morgan fingerprint density at radius 2 is 1.76 bits per heavy atom. The minimum Gasteiger partial charge on any atom is -0.404 e. The third-order valence-electron chi connectivity index (χ3n) is 3.35. The number of para-hydroxylation sites is 2. The number of alkyl halides is 3. The summed E-state index contributed by atoms with van der Waals surface area (Å²) in [4.78, 5) is 15.8. The molecule has 0 fully saturated rings. The lowest BCUT2D eigenvalue weighted by Gasteiger charge is -2.14. The highest BCUT2D eigenvalue weighted by molar-refractivity contribution is 14.0. The first kappa shape index (κ1) is 24.8. The smallest absolute Gasteiger partial charge is 0.404 e. The molecule has 4 N–H and O–H groups in total. The van der Waals surface area contributed by atoms with Gasteiger partial charge in [0.05, 0.1) is 5.69 Å². The molecular formula is C18H19ClF3IN4O2. The average Bonchev–Trinajstić information content (AvgIpc) is 2.61. The summed E-state index contributed by atoms with van der Waals surface area (Å²) in [5, 5.41) is 5.83. The van der Waals surface area contributed by atoms with Crippen molar-refractivity contribution in [3.63, 3.8) is 0 Å². The Morgan fingerprint density at radius 1 is 1.10 bits per heavy atom. The molecule has 0 spiro atoms. The number of rotatable bonds is 7. The largest absolute Gasteiger partial charge is 0.573 e. The van der Waals surface area contributed by atoms with Crippen LogP contribution in [-0.2, 0) is 4.79 Å². The second kappa shape index (κ2) is 11.7. The molecule has 29 heavy (non-hydrogen) atoms. The monoisotopic (exact) mass is 542 g/mol. The van der Waals surface area contributed by atoms with Gasteiger partial charge in [0.2, 0.25) is 5.91 Å². The van der Waals surface area contributed by atoms with E-state index in [1.54, 1.807) is 24.3 Å². The van der Waals surface area contributed by atoms with Crippen LogP contribution in [0.25, 0.3) is 0 Å². The number of carbonyl (C=O) groups excluding carboxylic acids is 1. The van der Waals surface area contributed by atoms with Crippen molar-refractivity contribution in [3.8, 4) is 5.75 Å². The van der Waals surface area contributed by atoms with E-state index in [9.17, 15) is 18.0 Å². The van der Waals surface area contributed by atoms with Gasteiger partial charge in [-0.25, -0.2) is 0 Å². The van der Waals surface area contributed by atoms with Crippen LogP contribution in [-0.4, -0.2) is 24.8 Å². The van der Waals surface area contributed by atoms with E-state index >= 15 is 0 Å². The van der Waals surface area contributed by atoms with Gasteiger partial charge >= 0.3 is 6.36 Å². The first-order valence-corrected chi connectivity index (χ1v) is 8.58. The quantitative estimate of drug-likeness (QED) is 0.199. The Labute approximate surface area is 187 Å². The fourth-order valence-electron chi connectivity index (χ4n) is 2.16. The van der Waals surface area contributed by atoms with Crippen molar-refractivity contribution >= 4 is 58.8 Å². The summed E-state index contributed by atoms with van der Waals surface area (Å²) in [6.45, 7) is 0.217. The highest BCUT2D eigenvalue weighted by Gasteiger charge is 2.32. The molecule has 2 aromatic carbocycles. The zero-order valence-electron chi connectivity index (χ0n) is 15.0. The molecule has 2 rings (SSSR count). The molecule has 0 aliphatic rings. The number of nitrogens with two attached hydrogens (primary N) is 1. The number of ether oxygens (including phenoxy) is 1. The normalized spacial score (nSPS) is 11.4. The fraction of sp³-hybridized carbons (Fsp3) is 0.222. The molecule has 0 heterocycles. The fourth-order valence-corrected chi connectivity index (χ4v) is 2.28. The molecule has 0 radical (unpaired) electrons. The molecule has 1 amide bonds. The van der Waals surface area contributed by atoms with Crippen LogP contribution >= 0.6 is 35.6 Å². The van der Waals surface area contributed by atoms with Gasteiger partial charge in [-0.3, -0.25) is 9.79 Å². The lowest BCUT2D eigenvalue weighted by Crippen LogP contribution is -2.24. The Bertz CT molecular complexity index is 833. The number of carbonyl (C=O) groups is 1. The first-order chi connectivity index (χ1) is 13.2. The lowest BCUT2D eigenvalue weighted by molar-refractivity contribution is -0.274. The Morgan fingerprint density at radius 3 is 2.41 bits per heavy atom. The Kier molecular flexibility index (Phi) is 10.0. The van der Waals surface area contributed by atoms with Crippen LogP contribution in [0.5, 0.6) is 5.75 Å². The van der Waals surface area contributed by atoms with Gasteiger partial charge in [-0.05, 0) is 42.8 Å². The number of hydrogen-bond donors (Lipinski definition) is 3. The molecule has 0 saturated heterocycles. The second-order valence-corrected chi connectivity index (χ2v) is 6.03. The van der Waals surface area contributed by atoms with E-state index in [-0.39, 0.29) is 54.5 Å². The third-order valence-corrected chi connectivity index (χ3v) is 3.60. The van der Waals surface area contributed by atoms with Gasteiger partial charge in [-0.15, -0.1) is 37.1 Å². The van der Waals surface area contributed by atoms with E-state index in [2.05, 4.69) is 20.4 Å². The molecular weight excluding hydrogens is 524 g/mol. The number of guanidine groups is 1. The summed E-state index contributed by atoms with van der Waals surface area (Å²) in [6, 6.07) is 12.1. The SMILES string of the molecule is I.NC(=NCCCC(=O)Nc1ccc(Cl)cc1)Nc1ccccc1OC(F)(F)F. The van der Waals surface area contributed by atoms with Crippen LogP contribution in [0.15, 0.2) is 53.5 Å². The third kappa shape index (κ3) is 9.70. The number of anilines is 2. The summed E-state index contributed by atoms with van der Waals surface area (Å²) < 4.78 is 41.1. The number of nitrogens with one attached hydrogen (secondary N) is 2. The van der Waals surface area contributed by atoms with Gasteiger partial charge < -0.3 is 21.1 Å². The highest BCUT2D eigenvalue weighted by atomic mass is 127. The van der Waals surface area contributed by atoms with Crippen LogP contribution in [0, 0.1) is 0 Å². The molecule has 158 valence electrons. The number of nitrogens with zero attached hydrogens (tertiary/aromatic N) is 1. The summed E-state index contributed by atoms with van der Waals surface area (Å²) in [6.07, 6.45) is -4.21. The molecule has 0 atom stereocenters. The van der Waals surface area contributed by atoms with Crippen molar-refractivity contribution < 1.29 is 22.7 Å². The van der Waals surface area contributed by atoms with Crippen LogP contribution in [0.3, 0.4) is 0 Å². The van der Waals surface area contributed by atoms with Crippen molar-refractivity contribution in [1.82, 2.24) is 0 Å². The lowest BCUT2D eigenvalue weighted by atomic mass is 10.2. The zero-order valence-corrected chi connectivity index (χ0v) is 18.1. The molecule has 0 unspecified atom stereocenters. The first-order valence-electron chi connectivity index (χ1n) is 8.20. The van der Waals surface area contributed by atoms with Crippen molar-refractivity contribution in [2.75, 3.05) is 17.2 Å². The maximum Gasteiger partial charge on any atom is 0.573 e. The van der Waals surface area contributed by atoms with Gasteiger partial charge in [0, 0.05) is 23.7 Å². The van der Waals surface area contributed by atoms with Crippen molar-refractivity contribution in [1.29, 1.82) is 0 Å². The van der Waals surface area contributed by atoms with Crippen LogP contribution in [0.2, 0.25) is 5.02 Å². The topological polar surface area (TPSA) is 88.7 Å². The van der Waals surface area contributed by atoms with Crippen molar-refractivity contribution in [3.05, 3.63) is 53.6 Å². The van der Waals surface area contributed by atoms with Crippen molar-refractivity contribution in [2.24, 2.45) is 10.7 Å². The van der Waals surface area contributed by atoms with Crippen molar-refractivity contribution in [2.45, 2.75) is 19.2 Å². The molecule has 0 bridgehead atoms. The molecule has 0 aromatic heterocycles. The van der Waals surface area contributed by atoms with E-state index in [4.69, 9.17) is 17.3 Å². The maximum absolute atomic E-state index is 12.4. The highest BCUT2D eigenvalue weighted by Crippen LogP contribution is 2.29. The summed E-state index contributed by atoms with van der Waals surface area (Å²) in [7, 11) is 0. The van der Waals surface area contributed by atoms with E-state index < -0.39 is 12.1 Å². The van der Waals surface area contributed by atoms with Gasteiger partial charge in [0.1, 0.15) is 0 Å². The predicted octanol–water partition coefficient (Wildman–Crippen LogP) is 5.00. The number of amides is 1. The molecule has 0 aliphatic heterocycles. The van der Waals surface area contributed by atoms with Gasteiger partial charge in [0.15, 0.2) is 11.7 Å². The Hall–Kier alpha value is -2.21.